The van der Waals surface area contributed by atoms with Crippen molar-refractivity contribution in [2.75, 3.05) is 13.2 Å². The number of nitrogens with zero attached hydrogens (tertiary/aromatic N) is 1. The molecule has 8 heteroatoms. The van der Waals surface area contributed by atoms with Crippen LogP contribution in [0.15, 0.2) is 57.3 Å². The topological polar surface area (TPSA) is 55.8 Å². The highest BCUT2D eigenvalue weighted by Gasteiger charge is 2.49. The standard InChI is InChI=1S/C35H40BrCl2NO4/c1-7-11-39-25-15-34(3,4)17-27(40)31(25)30(32-26(39)16-35(5,6)18-28(32)41)21-13-22(36)33(29(14-21)42-8-2)43-19-20-9-10-23(37)24(38)12-20/h9-10,12-14,30H,7-8,11,15-19H2,1-6H3. The fourth-order valence-electron chi connectivity index (χ4n) is 6.82. The predicted molar refractivity (Wildman–Crippen MR) is 176 cm³/mol. The first-order valence-corrected chi connectivity index (χ1v) is 16.6. The van der Waals surface area contributed by atoms with Crippen molar-refractivity contribution in [2.24, 2.45) is 10.8 Å². The number of Topliss-reactive ketones (excluding diaryl/α,β-unsaturated/α-hetero) is 2. The smallest absolute Gasteiger partial charge is 0.175 e. The largest absolute Gasteiger partial charge is 0.490 e. The molecule has 0 unspecified atom stereocenters. The van der Waals surface area contributed by atoms with Crippen LogP contribution in [-0.2, 0) is 16.2 Å². The second-order valence-corrected chi connectivity index (χ2v) is 15.2. The molecule has 230 valence electrons. The maximum absolute atomic E-state index is 14.1. The number of hydrogen-bond acceptors (Lipinski definition) is 5. The van der Waals surface area contributed by atoms with E-state index >= 15 is 0 Å². The van der Waals surface area contributed by atoms with Crippen LogP contribution in [0, 0.1) is 10.8 Å². The van der Waals surface area contributed by atoms with E-state index in [1.165, 1.54) is 0 Å². The molecule has 2 aliphatic carbocycles. The van der Waals surface area contributed by atoms with Crippen LogP contribution < -0.4 is 9.47 Å². The maximum Gasteiger partial charge on any atom is 0.175 e. The number of allylic oxidation sites excluding steroid dienone is 4. The van der Waals surface area contributed by atoms with Crippen molar-refractivity contribution in [3.8, 4) is 11.5 Å². The van der Waals surface area contributed by atoms with Gasteiger partial charge >= 0.3 is 0 Å². The van der Waals surface area contributed by atoms with Gasteiger partial charge < -0.3 is 14.4 Å². The van der Waals surface area contributed by atoms with Gasteiger partial charge in [-0.2, -0.15) is 0 Å². The molecule has 0 aromatic heterocycles. The number of ketones is 2. The quantitative estimate of drug-likeness (QED) is 0.276. The van der Waals surface area contributed by atoms with Crippen LogP contribution in [0.3, 0.4) is 0 Å². The van der Waals surface area contributed by atoms with Crippen LogP contribution >= 0.6 is 39.1 Å². The molecular weight excluding hydrogens is 649 g/mol. The predicted octanol–water partition coefficient (Wildman–Crippen LogP) is 9.83. The molecule has 3 aliphatic rings. The van der Waals surface area contributed by atoms with Crippen LogP contribution in [0.4, 0.5) is 0 Å². The summed E-state index contributed by atoms with van der Waals surface area (Å²) >= 11 is 16.1. The molecule has 0 fully saturated rings. The Balaban J connectivity index is 1.65. The number of benzene rings is 2. The average molecular weight is 690 g/mol. The summed E-state index contributed by atoms with van der Waals surface area (Å²) in [5.41, 5.74) is 5.09. The maximum atomic E-state index is 14.1. The van der Waals surface area contributed by atoms with E-state index in [2.05, 4.69) is 55.4 Å². The molecule has 5 nitrogen and oxygen atoms in total. The van der Waals surface area contributed by atoms with Gasteiger partial charge in [-0.25, -0.2) is 0 Å². The van der Waals surface area contributed by atoms with Gasteiger partial charge in [0.1, 0.15) is 6.61 Å². The summed E-state index contributed by atoms with van der Waals surface area (Å²) in [4.78, 5) is 30.4. The number of carbonyl (C=O) groups is 2. The SMILES string of the molecule is CCCN1C2=C(C(=O)CC(C)(C)C2)C(c2cc(Br)c(OCc3ccc(Cl)c(Cl)c3)c(OCC)c2)C2=C1CC(C)(C)CC2=O. The Kier molecular flexibility index (Phi) is 9.15. The fraction of sp³-hybridized carbons (Fsp3) is 0.486. The number of carbonyl (C=O) groups excluding carboxylic acids is 2. The van der Waals surface area contributed by atoms with Crippen molar-refractivity contribution in [1.29, 1.82) is 0 Å². The monoisotopic (exact) mass is 687 g/mol. The molecule has 43 heavy (non-hydrogen) atoms. The molecule has 0 amide bonds. The zero-order valence-electron chi connectivity index (χ0n) is 25.8. The number of ether oxygens (including phenoxy) is 2. The van der Waals surface area contributed by atoms with Gasteiger partial charge in [0.25, 0.3) is 0 Å². The van der Waals surface area contributed by atoms with Crippen LogP contribution in [0.5, 0.6) is 11.5 Å². The third kappa shape index (κ3) is 6.43. The van der Waals surface area contributed by atoms with Gasteiger partial charge in [-0.1, -0.05) is 63.9 Å². The van der Waals surface area contributed by atoms with Crippen molar-refractivity contribution in [3.05, 3.63) is 78.5 Å². The Morgan fingerprint density at radius 2 is 1.47 bits per heavy atom. The molecule has 0 bridgehead atoms. The Labute approximate surface area is 273 Å². The van der Waals surface area contributed by atoms with E-state index < -0.39 is 5.92 Å². The molecular formula is C35H40BrCl2NO4. The van der Waals surface area contributed by atoms with E-state index in [9.17, 15) is 9.59 Å². The van der Waals surface area contributed by atoms with Gasteiger partial charge in [0.05, 0.1) is 21.1 Å². The molecule has 0 spiro atoms. The molecule has 0 atom stereocenters. The molecule has 0 N–H and O–H groups in total. The summed E-state index contributed by atoms with van der Waals surface area (Å²) in [6, 6.07) is 9.34. The highest BCUT2D eigenvalue weighted by Crippen LogP contribution is 2.55. The van der Waals surface area contributed by atoms with Crippen molar-refractivity contribution in [3.63, 3.8) is 0 Å². The molecule has 0 radical (unpaired) electrons. The third-order valence-corrected chi connectivity index (χ3v) is 9.83. The van der Waals surface area contributed by atoms with Crippen LogP contribution in [0.2, 0.25) is 10.0 Å². The Morgan fingerprint density at radius 1 is 0.860 bits per heavy atom. The number of halogens is 3. The summed E-state index contributed by atoms with van der Waals surface area (Å²) < 4.78 is 13.1. The van der Waals surface area contributed by atoms with Gasteiger partial charge in [-0.15, -0.1) is 0 Å². The van der Waals surface area contributed by atoms with Gasteiger partial charge in [0, 0.05) is 47.8 Å². The van der Waals surface area contributed by atoms with E-state index in [0.29, 0.717) is 45.5 Å². The third-order valence-electron chi connectivity index (χ3n) is 8.50. The Morgan fingerprint density at radius 3 is 2.00 bits per heavy atom. The normalized spacial score (nSPS) is 19.9. The highest BCUT2D eigenvalue weighted by atomic mass is 79.9. The Hall–Kier alpha value is -2.28. The first-order valence-electron chi connectivity index (χ1n) is 15.1. The van der Waals surface area contributed by atoms with Gasteiger partial charge in [-0.05, 0) is 88.3 Å². The van der Waals surface area contributed by atoms with Crippen LogP contribution in [0.25, 0.3) is 0 Å². The minimum absolute atomic E-state index is 0.121. The van der Waals surface area contributed by atoms with E-state index in [0.717, 1.165) is 59.5 Å². The summed E-state index contributed by atoms with van der Waals surface area (Å²) in [5, 5.41) is 0.949. The molecule has 0 saturated heterocycles. The average Bonchev–Trinajstić information content (AvgIpc) is 2.89. The molecule has 5 rings (SSSR count). The summed E-state index contributed by atoms with van der Waals surface area (Å²) in [5.74, 6) is 0.895. The van der Waals surface area contributed by atoms with Gasteiger partial charge in [0.15, 0.2) is 23.1 Å². The first-order chi connectivity index (χ1) is 20.2. The first kappa shape index (κ1) is 32.1. The summed E-state index contributed by atoms with van der Waals surface area (Å²) in [7, 11) is 0. The van der Waals surface area contributed by atoms with Crippen molar-refractivity contribution in [2.45, 2.75) is 86.2 Å². The zero-order valence-corrected chi connectivity index (χ0v) is 28.9. The molecule has 1 aliphatic heterocycles. The summed E-state index contributed by atoms with van der Waals surface area (Å²) in [6.07, 6.45) is 3.41. The van der Waals surface area contributed by atoms with Crippen LogP contribution in [0.1, 0.15) is 90.7 Å². The highest BCUT2D eigenvalue weighted by molar-refractivity contribution is 9.10. The lowest BCUT2D eigenvalue weighted by Crippen LogP contribution is -2.44. The van der Waals surface area contributed by atoms with E-state index in [4.69, 9.17) is 32.7 Å². The molecule has 1 heterocycles. The number of rotatable bonds is 8. The van der Waals surface area contributed by atoms with Gasteiger partial charge in [-0.3, -0.25) is 9.59 Å². The molecule has 0 saturated carbocycles. The van der Waals surface area contributed by atoms with E-state index in [-0.39, 0.29) is 29.0 Å². The van der Waals surface area contributed by atoms with Crippen molar-refractivity contribution >= 4 is 50.7 Å². The van der Waals surface area contributed by atoms with E-state index in [1.54, 1.807) is 12.1 Å². The van der Waals surface area contributed by atoms with Crippen molar-refractivity contribution in [1.82, 2.24) is 4.90 Å². The zero-order chi connectivity index (χ0) is 31.3. The lowest BCUT2D eigenvalue weighted by molar-refractivity contribution is -0.119. The molecule has 2 aromatic rings. The Bertz CT molecular complexity index is 1490. The lowest BCUT2D eigenvalue weighted by atomic mass is 9.63. The second kappa shape index (κ2) is 12.3. The summed E-state index contributed by atoms with van der Waals surface area (Å²) in [6.45, 7) is 14.2. The van der Waals surface area contributed by atoms with E-state index in [1.807, 2.05) is 25.1 Å². The van der Waals surface area contributed by atoms with Crippen LogP contribution in [-0.4, -0.2) is 29.6 Å². The minimum atomic E-state index is -0.454. The lowest BCUT2D eigenvalue weighted by Gasteiger charge is -2.49. The number of hydrogen-bond donors (Lipinski definition) is 0. The van der Waals surface area contributed by atoms with Crippen molar-refractivity contribution < 1.29 is 19.1 Å². The molecule has 2 aromatic carbocycles. The minimum Gasteiger partial charge on any atom is -0.490 e. The second-order valence-electron chi connectivity index (χ2n) is 13.5. The fourth-order valence-corrected chi connectivity index (χ4v) is 7.71. The van der Waals surface area contributed by atoms with Gasteiger partial charge in [0.2, 0.25) is 0 Å².